The maximum absolute atomic E-state index is 14.3. The highest BCUT2D eigenvalue weighted by Crippen LogP contribution is 2.35. The molecule has 1 aliphatic heterocycles. The molecule has 1 aromatic rings. The van der Waals surface area contributed by atoms with Crippen LogP contribution in [0.4, 0.5) is 8.78 Å². The van der Waals surface area contributed by atoms with Gasteiger partial charge in [-0.2, -0.15) is 0 Å². The number of nitrogens with one attached hydrogen (secondary N) is 1. The molecular formula is C13H15F2NO2. The molecule has 0 aromatic heterocycles. The molecule has 1 aliphatic rings. The number of hydrogen-bond donors (Lipinski definition) is 1. The van der Waals surface area contributed by atoms with Crippen molar-refractivity contribution in [1.29, 1.82) is 0 Å². The Morgan fingerprint density at radius 1 is 1.56 bits per heavy atom. The molecule has 1 aromatic carbocycles. The minimum absolute atomic E-state index is 0.0132. The minimum atomic E-state index is -0.643. The molecule has 1 atom stereocenters. The van der Waals surface area contributed by atoms with Gasteiger partial charge < -0.3 is 14.8 Å². The third-order valence-corrected chi connectivity index (χ3v) is 3.16. The Labute approximate surface area is 104 Å². The zero-order chi connectivity index (χ0) is 13.1. The topological polar surface area (TPSA) is 38.3 Å². The first-order valence-corrected chi connectivity index (χ1v) is 5.90. The second-order valence-corrected chi connectivity index (χ2v) is 4.32. The molecule has 1 heterocycles. The quantitative estimate of drug-likeness (QED) is 0.815. The summed E-state index contributed by atoms with van der Waals surface area (Å²) in [6.07, 6.45) is 1.22. The third-order valence-electron chi connectivity index (χ3n) is 3.16. The molecule has 98 valence electrons. The number of rotatable bonds is 5. The molecule has 18 heavy (non-hydrogen) atoms. The van der Waals surface area contributed by atoms with Crippen molar-refractivity contribution in [2.24, 2.45) is 0 Å². The van der Waals surface area contributed by atoms with Gasteiger partial charge in [0.1, 0.15) is 23.7 Å². The molecule has 0 saturated heterocycles. The van der Waals surface area contributed by atoms with Gasteiger partial charge in [0.2, 0.25) is 0 Å². The highest BCUT2D eigenvalue weighted by molar-refractivity contribution is 5.53. The Morgan fingerprint density at radius 3 is 3.00 bits per heavy atom. The van der Waals surface area contributed by atoms with Gasteiger partial charge in [-0.15, -0.1) is 0 Å². The SMILES string of the molecule is CNCC(CC=O)c1c(F)cc2c(c1F)CCO2. The number of fused-ring (bicyclic) bond motifs is 1. The molecule has 0 fully saturated rings. The molecule has 0 bridgehead atoms. The van der Waals surface area contributed by atoms with Crippen molar-refractivity contribution in [1.82, 2.24) is 5.32 Å². The van der Waals surface area contributed by atoms with Crippen molar-refractivity contribution in [2.75, 3.05) is 20.2 Å². The van der Waals surface area contributed by atoms with Gasteiger partial charge in [-0.1, -0.05) is 0 Å². The standard InChI is InChI=1S/C13H15F2NO2/c1-16-7-8(2-4-17)12-10(14)6-11-9(13(12)15)3-5-18-11/h4,6,8,16H,2-3,5,7H2,1H3. The lowest BCUT2D eigenvalue weighted by Crippen LogP contribution is -2.20. The number of halogens is 2. The van der Waals surface area contributed by atoms with Crippen molar-refractivity contribution >= 4 is 6.29 Å². The van der Waals surface area contributed by atoms with Crippen LogP contribution < -0.4 is 10.1 Å². The molecule has 5 heteroatoms. The van der Waals surface area contributed by atoms with Crippen molar-refractivity contribution in [3.05, 3.63) is 28.8 Å². The van der Waals surface area contributed by atoms with E-state index in [2.05, 4.69) is 5.32 Å². The molecule has 1 unspecified atom stereocenters. The van der Waals surface area contributed by atoms with E-state index < -0.39 is 17.6 Å². The average molecular weight is 255 g/mol. The highest BCUT2D eigenvalue weighted by Gasteiger charge is 2.27. The molecule has 0 spiro atoms. The lowest BCUT2D eigenvalue weighted by atomic mass is 9.92. The summed E-state index contributed by atoms with van der Waals surface area (Å²) < 4.78 is 33.4. The van der Waals surface area contributed by atoms with Crippen LogP contribution in [0.3, 0.4) is 0 Å². The molecule has 3 nitrogen and oxygen atoms in total. The molecule has 1 N–H and O–H groups in total. The van der Waals surface area contributed by atoms with Gasteiger partial charge in [-0.3, -0.25) is 0 Å². The van der Waals surface area contributed by atoms with Crippen molar-refractivity contribution in [3.63, 3.8) is 0 Å². The van der Waals surface area contributed by atoms with Crippen LogP contribution in [0.25, 0.3) is 0 Å². The molecule has 0 radical (unpaired) electrons. The number of carbonyl (C=O) groups excluding carboxylic acids is 1. The largest absolute Gasteiger partial charge is 0.493 e. The zero-order valence-corrected chi connectivity index (χ0v) is 10.1. The fourth-order valence-electron chi connectivity index (χ4n) is 2.32. The van der Waals surface area contributed by atoms with Gasteiger partial charge in [-0.25, -0.2) is 8.78 Å². The Balaban J connectivity index is 2.45. The number of hydrogen-bond acceptors (Lipinski definition) is 3. The summed E-state index contributed by atoms with van der Waals surface area (Å²) in [6.45, 7) is 0.728. The van der Waals surface area contributed by atoms with Crippen LogP contribution in [0.5, 0.6) is 5.75 Å². The monoisotopic (exact) mass is 255 g/mol. The lowest BCUT2D eigenvalue weighted by Gasteiger charge is -2.17. The van der Waals surface area contributed by atoms with Crippen LogP contribution in [0.2, 0.25) is 0 Å². The first-order valence-electron chi connectivity index (χ1n) is 5.90. The smallest absolute Gasteiger partial charge is 0.136 e. The van der Waals surface area contributed by atoms with Gasteiger partial charge >= 0.3 is 0 Å². The number of aldehydes is 1. The molecule has 2 rings (SSSR count). The van der Waals surface area contributed by atoms with E-state index in [1.165, 1.54) is 6.07 Å². The van der Waals surface area contributed by atoms with E-state index >= 15 is 0 Å². The van der Waals surface area contributed by atoms with Crippen LogP contribution in [-0.2, 0) is 11.2 Å². The van der Waals surface area contributed by atoms with E-state index in [0.717, 1.165) is 0 Å². The summed E-state index contributed by atoms with van der Waals surface area (Å²) >= 11 is 0. The number of carbonyl (C=O) groups is 1. The summed E-state index contributed by atoms with van der Waals surface area (Å²) in [4.78, 5) is 10.6. The number of ether oxygens (including phenoxy) is 1. The second-order valence-electron chi connectivity index (χ2n) is 4.32. The number of benzene rings is 1. The second kappa shape index (κ2) is 5.44. The van der Waals surface area contributed by atoms with Crippen molar-refractivity contribution < 1.29 is 18.3 Å². The van der Waals surface area contributed by atoms with E-state index in [0.29, 0.717) is 31.4 Å². The summed E-state index contributed by atoms with van der Waals surface area (Å²) in [7, 11) is 1.68. The van der Waals surface area contributed by atoms with Gasteiger partial charge in [0.15, 0.2) is 0 Å². The van der Waals surface area contributed by atoms with Crippen molar-refractivity contribution in [2.45, 2.75) is 18.8 Å². The Morgan fingerprint density at radius 2 is 2.33 bits per heavy atom. The van der Waals surface area contributed by atoms with E-state index in [4.69, 9.17) is 4.74 Å². The molecule has 0 amide bonds. The minimum Gasteiger partial charge on any atom is -0.493 e. The van der Waals surface area contributed by atoms with Crippen LogP contribution in [0.15, 0.2) is 6.07 Å². The fourth-order valence-corrected chi connectivity index (χ4v) is 2.32. The average Bonchev–Trinajstić information content (AvgIpc) is 2.77. The maximum atomic E-state index is 14.3. The molecule has 0 saturated carbocycles. The highest BCUT2D eigenvalue weighted by atomic mass is 19.1. The summed E-state index contributed by atoms with van der Waals surface area (Å²) in [5.74, 6) is -1.42. The van der Waals surface area contributed by atoms with Gasteiger partial charge in [0.05, 0.1) is 6.61 Å². The van der Waals surface area contributed by atoms with Gasteiger partial charge in [-0.05, 0) is 7.05 Å². The van der Waals surface area contributed by atoms with E-state index in [9.17, 15) is 13.6 Å². The van der Waals surface area contributed by atoms with E-state index in [-0.39, 0.29) is 17.7 Å². The Hall–Kier alpha value is -1.49. The normalized spacial score (nSPS) is 15.1. The van der Waals surface area contributed by atoms with Gasteiger partial charge in [0, 0.05) is 42.5 Å². The first-order chi connectivity index (χ1) is 8.69. The number of likely N-dealkylation sites (N-methyl/N-ethyl adjacent to an activating group) is 1. The van der Waals surface area contributed by atoms with Crippen molar-refractivity contribution in [3.8, 4) is 5.75 Å². The Bertz CT molecular complexity index is 463. The molecule has 0 aliphatic carbocycles. The Kier molecular flexibility index (Phi) is 3.91. The summed E-state index contributed by atoms with van der Waals surface area (Å²) in [5.41, 5.74) is 0.402. The van der Waals surface area contributed by atoms with E-state index in [1.54, 1.807) is 7.05 Å². The predicted molar refractivity (Wildman–Crippen MR) is 62.9 cm³/mol. The van der Waals surface area contributed by atoms with Crippen LogP contribution in [0.1, 0.15) is 23.5 Å². The molecular weight excluding hydrogens is 240 g/mol. The maximum Gasteiger partial charge on any atom is 0.136 e. The van der Waals surface area contributed by atoms with Crippen LogP contribution in [0, 0.1) is 11.6 Å². The first kappa shape index (κ1) is 13.0. The summed E-state index contributed by atoms with van der Waals surface area (Å²) in [5, 5.41) is 2.85. The lowest BCUT2D eigenvalue weighted by molar-refractivity contribution is -0.108. The summed E-state index contributed by atoms with van der Waals surface area (Å²) in [6, 6.07) is 1.22. The van der Waals surface area contributed by atoms with Crippen LogP contribution in [-0.4, -0.2) is 26.5 Å². The zero-order valence-electron chi connectivity index (χ0n) is 10.1. The van der Waals surface area contributed by atoms with Crippen LogP contribution >= 0.6 is 0 Å². The third kappa shape index (κ3) is 2.22. The fraction of sp³-hybridized carbons (Fsp3) is 0.462. The predicted octanol–water partition coefficient (Wildman–Crippen LogP) is 1.79. The van der Waals surface area contributed by atoms with E-state index in [1.807, 2.05) is 0 Å². The van der Waals surface area contributed by atoms with Gasteiger partial charge in [0.25, 0.3) is 0 Å².